The molecule has 0 saturated carbocycles. The molecule has 0 atom stereocenters. The minimum atomic E-state index is -3.11. The topological polar surface area (TPSA) is 64.6 Å². The van der Waals surface area contributed by atoms with Gasteiger partial charge in [0.25, 0.3) is 0 Å². The van der Waals surface area contributed by atoms with Gasteiger partial charge in [-0.05, 0) is 51.3 Å². The monoisotopic (exact) mass is 365 g/mol. The summed E-state index contributed by atoms with van der Waals surface area (Å²) in [4.78, 5) is 0. The predicted molar refractivity (Wildman–Crippen MR) is 103 cm³/mol. The maximum Gasteiger partial charge on any atom is 0.491 e. The summed E-state index contributed by atoms with van der Waals surface area (Å²) in [5.41, 5.74) is 1.73. The van der Waals surface area contributed by atoms with Gasteiger partial charge >= 0.3 is 7.12 Å². The lowest BCUT2D eigenvalue weighted by Gasteiger charge is -2.32. The molecule has 1 N–H and O–H groups in total. The Hall–Kier alpha value is -1.15. The molecular weight excluding hydrogens is 337 g/mol. The molecule has 1 aliphatic rings. The second-order valence-corrected chi connectivity index (χ2v) is 9.75. The minimum Gasteiger partial charge on any atom is -0.400 e. The third-order valence-corrected chi connectivity index (χ3v) is 5.59. The van der Waals surface area contributed by atoms with E-state index in [4.69, 9.17) is 9.31 Å². The number of nitrogens with one attached hydrogen (secondary N) is 1. The molecule has 1 fully saturated rings. The Labute approximate surface area is 151 Å². The Bertz CT molecular complexity index is 740. The molecule has 0 radical (unpaired) electrons. The summed E-state index contributed by atoms with van der Waals surface area (Å²) in [6.45, 7) is 8.65. The molecule has 1 saturated heterocycles. The van der Waals surface area contributed by atoms with E-state index in [-0.39, 0.29) is 5.75 Å². The van der Waals surface area contributed by atoms with Crippen molar-refractivity contribution >= 4 is 23.0 Å². The fourth-order valence-corrected chi connectivity index (χ4v) is 3.52. The SMILES string of the molecule is CNCC(=Cc1ccccc1CS(C)(=O)=O)B1OC(C)(C)C(C)(C)O1. The van der Waals surface area contributed by atoms with Crippen molar-refractivity contribution in [2.45, 2.75) is 44.6 Å². The highest BCUT2D eigenvalue weighted by Gasteiger charge is 2.52. The Balaban J connectivity index is 2.39. The van der Waals surface area contributed by atoms with Gasteiger partial charge < -0.3 is 14.6 Å². The molecule has 5 nitrogen and oxygen atoms in total. The molecule has 0 aromatic heterocycles. The van der Waals surface area contributed by atoms with Gasteiger partial charge in [-0.15, -0.1) is 0 Å². The van der Waals surface area contributed by atoms with Crippen molar-refractivity contribution in [1.82, 2.24) is 5.32 Å². The first-order valence-corrected chi connectivity index (χ1v) is 10.5. The van der Waals surface area contributed by atoms with Gasteiger partial charge in [0.15, 0.2) is 9.84 Å². The van der Waals surface area contributed by atoms with Crippen LogP contribution in [-0.4, -0.2) is 46.6 Å². The van der Waals surface area contributed by atoms with Crippen LogP contribution in [0.15, 0.2) is 29.7 Å². The molecule has 1 heterocycles. The maximum atomic E-state index is 11.7. The predicted octanol–water partition coefficient (Wildman–Crippen LogP) is 2.47. The van der Waals surface area contributed by atoms with Crippen LogP contribution in [0, 0.1) is 0 Å². The van der Waals surface area contributed by atoms with Crippen LogP contribution in [0.1, 0.15) is 38.8 Å². The lowest BCUT2D eigenvalue weighted by molar-refractivity contribution is 0.00578. The Kier molecular flexibility index (Phi) is 5.83. The van der Waals surface area contributed by atoms with E-state index in [1.165, 1.54) is 6.26 Å². The highest BCUT2D eigenvalue weighted by Crippen LogP contribution is 2.38. The van der Waals surface area contributed by atoms with Crippen LogP contribution >= 0.6 is 0 Å². The number of benzene rings is 1. The summed E-state index contributed by atoms with van der Waals surface area (Å²) in [7, 11) is -1.72. The summed E-state index contributed by atoms with van der Waals surface area (Å²) in [5.74, 6) is 0.00980. The van der Waals surface area contributed by atoms with Crippen LogP contribution in [0.4, 0.5) is 0 Å². The molecule has 1 aromatic rings. The second-order valence-electron chi connectivity index (χ2n) is 7.61. The van der Waals surface area contributed by atoms with Crippen LogP contribution in [0.2, 0.25) is 0 Å². The van der Waals surface area contributed by atoms with Crippen molar-refractivity contribution < 1.29 is 17.7 Å². The molecule has 0 spiro atoms. The summed E-state index contributed by atoms with van der Waals surface area (Å²) in [6.07, 6.45) is 3.22. The molecule has 7 heteroatoms. The Morgan fingerprint density at radius 1 is 1.16 bits per heavy atom. The standard InChI is InChI=1S/C18H28BNO4S/c1-17(2)18(3,4)24-19(23-17)16(12-20-5)11-14-9-7-8-10-15(14)13-25(6,21)22/h7-11,20H,12-13H2,1-6H3. The van der Waals surface area contributed by atoms with Gasteiger partial charge in [-0.3, -0.25) is 0 Å². The van der Waals surface area contributed by atoms with E-state index in [9.17, 15) is 8.42 Å². The van der Waals surface area contributed by atoms with Crippen LogP contribution in [-0.2, 0) is 24.9 Å². The van der Waals surface area contributed by atoms with Gasteiger partial charge in [0.05, 0.1) is 17.0 Å². The van der Waals surface area contributed by atoms with Gasteiger partial charge in [-0.1, -0.05) is 30.3 Å². The van der Waals surface area contributed by atoms with Gasteiger partial charge in [0.1, 0.15) is 0 Å². The van der Waals surface area contributed by atoms with Crippen molar-refractivity contribution in [3.63, 3.8) is 0 Å². The third kappa shape index (κ3) is 4.94. The number of likely N-dealkylation sites (N-methyl/N-ethyl adjacent to an activating group) is 1. The van der Waals surface area contributed by atoms with Crippen molar-refractivity contribution in [3.8, 4) is 0 Å². The van der Waals surface area contributed by atoms with Crippen LogP contribution < -0.4 is 5.32 Å². The number of hydrogen-bond donors (Lipinski definition) is 1. The molecule has 1 aliphatic heterocycles. The highest BCUT2D eigenvalue weighted by atomic mass is 32.2. The number of hydrogen-bond acceptors (Lipinski definition) is 5. The maximum absolute atomic E-state index is 11.7. The van der Waals surface area contributed by atoms with Gasteiger partial charge in [0.2, 0.25) is 0 Å². The fraction of sp³-hybridized carbons (Fsp3) is 0.556. The zero-order chi connectivity index (χ0) is 18.9. The molecule has 1 aromatic carbocycles. The first kappa shape index (κ1) is 20.2. The zero-order valence-electron chi connectivity index (χ0n) is 15.9. The molecule has 0 amide bonds. The van der Waals surface area contributed by atoms with Crippen molar-refractivity contribution in [2.24, 2.45) is 0 Å². The van der Waals surface area contributed by atoms with E-state index in [2.05, 4.69) is 5.32 Å². The van der Waals surface area contributed by atoms with E-state index >= 15 is 0 Å². The van der Waals surface area contributed by atoms with Gasteiger partial charge in [0, 0.05) is 12.8 Å². The van der Waals surface area contributed by atoms with Crippen LogP contribution in [0.5, 0.6) is 0 Å². The Morgan fingerprint density at radius 3 is 2.24 bits per heavy atom. The molecule has 0 bridgehead atoms. The van der Waals surface area contributed by atoms with Crippen molar-refractivity contribution in [2.75, 3.05) is 19.8 Å². The largest absolute Gasteiger partial charge is 0.491 e. The van der Waals surface area contributed by atoms with Crippen LogP contribution in [0.25, 0.3) is 6.08 Å². The summed E-state index contributed by atoms with van der Waals surface area (Å²) >= 11 is 0. The molecule has 0 aliphatic carbocycles. The summed E-state index contributed by atoms with van der Waals surface area (Å²) < 4.78 is 35.7. The fourth-order valence-electron chi connectivity index (χ4n) is 2.69. The quantitative estimate of drug-likeness (QED) is 0.785. The van der Waals surface area contributed by atoms with E-state index in [0.29, 0.717) is 6.54 Å². The number of sulfone groups is 1. The molecular formula is C18H28BNO4S. The lowest BCUT2D eigenvalue weighted by atomic mass is 9.76. The highest BCUT2D eigenvalue weighted by molar-refractivity contribution is 7.89. The first-order chi connectivity index (χ1) is 11.5. The van der Waals surface area contributed by atoms with Crippen molar-refractivity contribution in [3.05, 3.63) is 40.9 Å². The normalized spacial score (nSPS) is 20.1. The number of rotatable bonds is 6. The van der Waals surface area contributed by atoms with Gasteiger partial charge in [-0.2, -0.15) is 0 Å². The lowest BCUT2D eigenvalue weighted by Crippen LogP contribution is -2.41. The Morgan fingerprint density at radius 2 is 1.72 bits per heavy atom. The van der Waals surface area contributed by atoms with E-state index in [0.717, 1.165) is 16.6 Å². The smallest absolute Gasteiger partial charge is 0.400 e. The molecule has 2 rings (SSSR count). The second kappa shape index (κ2) is 7.23. The summed E-state index contributed by atoms with van der Waals surface area (Å²) in [6, 6.07) is 7.51. The van der Waals surface area contributed by atoms with Crippen molar-refractivity contribution in [1.29, 1.82) is 0 Å². The van der Waals surface area contributed by atoms with Gasteiger partial charge in [-0.25, -0.2) is 8.42 Å². The first-order valence-electron chi connectivity index (χ1n) is 8.41. The molecule has 25 heavy (non-hydrogen) atoms. The zero-order valence-corrected chi connectivity index (χ0v) is 16.7. The average molecular weight is 365 g/mol. The summed E-state index contributed by atoms with van der Waals surface area (Å²) in [5, 5.41) is 3.14. The van der Waals surface area contributed by atoms with E-state index < -0.39 is 28.2 Å². The average Bonchev–Trinajstić information content (AvgIpc) is 2.67. The van der Waals surface area contributed by atoms with E-state index in [1.807, 2.05) is 65.1 Å². The molecule has 0 unspecified atom stereocenters. The minimum absolute atomic E-state index is 0.00980. The third-order valence-electron chi connectivity index (χ3n) is 4.75. The molecule has 138 valence electrons. The van der Waals surface area contributed by atoms with E-state index in [1.54, 1.807) is 0 Å². The van der Waals surface area contributed by atoms with Crippen LogP contribution in [0.3, 0.4) is 0 Å².